The number of halogens is 3. The summed E-state index contributed by atoms with van der Waals surface area (Å²) in [5.74, 6) is 0. The standard InChI is InChI=1S/C9H15F3O/c1-8(4-2-3-5-8)6-7(13)9(10,11)12/h7,13H,2-6H2,1H3/t7-/m1/s1. The van der Waals surface area contributed by atoms with Crippen LogP contribution in [0.2, 0.25) is 0 Å². The van der Waals surface area contributed by atoms with Gasteiger partial charge in [-0.2, -0.15) is 13.2 Å². The normalized spacial score (nSPS) is 24.7. The van der Waals surface area contributed by atoms with Gasteiger partial charge >= 0.3 is 6.18 Å². The quantitative estimate of drug-likeness (QED) is 0.720. The van der Waals surface area contributed by atoms with Crippen molar-refractivity contribution in [2.75, 3.05) is 0 Å². The lowest BCUT2D eigenvalue weighted by molar-refractivity contribution is -0.212. The highest BCUT2D eigenvalue weighted by atomic mass is 19.4. The molecule has 78 valence electrons. The molecule has 0 amide bonds. The zero-order valence-electron chi connectivity index (χ0n) is 7.69. The van der Waals surface area contributed by atoms with Crippen LogP contribution in [0.1, 0.15) is 39.0 Å². The molecule has 1 saturated carbocycles. The number of aliphatic hydroxyl groups excluding tert-OH is 1. The molecule has 1 nitrogen and oxygen atoms in total. The van der Waals surface area contributed by atoms with Crippen LogP contribution < -0.4 is 0 Å². The first-order valence-electron chi connectivity index (χ1n) is 4.58. The van der Waals surface area contributed by atoms with E-state index in [9.17, 15) is 13.2 Å². The molecule has 0 bridgehead atoms. The van der Waals surface area contributed by atoms with Crippen LogP contribution in [-0.4, -0.2) is 17.4 Å². The summed E-state index contributed by atoms with van der Waals surface area (Å²) in [4.78, 5) is 0. The fourth-order valence-corrected chi connectivity index (χ4v) is 2.02. The first-order valence-corrected chi connectivity index (χ1v) is 4.58. The second-order valence-corrected chi connectivity index (χ2v) is 4.28. The molecule has 0 radical (unpaired) electrons. The van der Waals surface area contributed by atoms with Crippen molar-refractivity contribution in [1.82, 2.24) is 0 Å². The molecular formula is C9H15F3O. The van der Waals surface area contributed by atoms with Crippen molar-refractivity contribution < 1.29 is 18.3 Å². The Labute approximate surface area is 75.9 Å². The van der Waals surface area contributed by atoms with Gasteiger partial charge in [0, 0.05) is 0 Å². The summed E-state index contributed by atoms with van der Waals surface area (Å²) in [7, 11) is 0. The Morgan fingerprint density at radius 2 is 1.77 bits per heavy atom. The van der Waals surface area contributed by atoms with E-state index in [-0.39, 0.29) is 11.8 Å². The molecule has 0 aromatic rings. The molecule has 1 aliphatic carbocycles. The predicted molar refractivity (Wildman–Crippen MR) is 43.3 cm³/mol. The van der Waals surface area contributed by atoms with E-state index in [4.69, 9.17) is 5.11 Å². The van der Waals surface area contributed by atoms with Gasteiger partial charge in [0.1, 0.15) is 6.10 Å². The molecule has 1 fully saturated rings. The van der Waals surface area contributed by atoms with Crippen molar-refractivity contribution in [3.05, 3.63) is 0 Å². The molecule has 0 unspecified atom stereocenters. The second-order valence-electron chi connectivity index (χ2n) is 4.28. The van der Waals surface area contributed by atoms with E-state index in [1.807, 2.05) is 6.92 Å². The second kappa shape index (κ2) is 3.48. The summed E-state index contributed by atoms with van der Waals surface area (Å²) in [5.41, 5.74) is -0.297. The maximum absolute atomic E-state index is 12.0. The molecule has 0 spiro atoms. The van der Waals surface area contributed by atoms with E-state index < -0.39 is 12.3 Å². The molecule has 1 aliphatic rings. The third-order valence-corrected chi connectivity index (χ3v) is 2.87. The zero-order valence-corrected chi connectivity index (χ0v) is 7.69. The van der Waals surface area contributed by atoms with Crippen molar-refractivity contribution in [2.45, 2.75) is 51.3 Å². The minimum atomic E-state index is -4.45. The van der Waals surface area contributed by atoms with Gasteiger partial charge in [0.05, 0.1) is 0 Å². The molecule has 13 heavy (non-hydrogen) atoms. The van der Waals surface area contributed by atoms with Crippen LogP contribution in [0.5, 0.6) is 0 Å². The van der Waals surface area contributed by atoms with Crippen LogP contribution in [0.4, 0.5) is 13.2 Å². The molecule has 0 aliphatic heterocycles. The van der Waals surface area contributed by atoms with E-state index in [0.29, 0.717) is 0 Å². The molecule has 1 atom stereocenters. The van der Waals surface area contributed by atoms with Gasteiger partial charge in [0.15, 0.2) is 0 Å². The molecule has 0 heterocycles. The molecular weight excluding hydrogens is 181 g/mol. The minimum Gasteiger partial charge on any atom is -0.384 e. The van der Waals surface area contributed by atoms with Crippen LogP contribution in [0.25, 0.3) is 0 Å². The lowest BCUT2D eigenvalue weighted by atomic mass is 9.83. The Hall–Kier alpha value is -0.250. The maximum atomic E-state index is 12.0. The van der Waals surface area contributed by atoms with E-state index in [1.165, 1.54) is 0 Å². The van der Waals surface area contributed by atoms with Gasteiger partial charge in [-0.15, -0.1) is 0 Å². The van der Waals surface area contributed by atoms with Crippen LogP contribution in [0.3, 0.4) is 0 Å². The van der Waals surface area contributed by atoms with Gasteiger partial charge in [-0.3, -0.25) is 0 Å². The number of hydrogen-bond acceptors (Lipinski definition) is 1. The van der Waals surface area contributed by atoms with Gasteiger partial charge in [-0.1, -0.05) is 19.8 Å². The minimum absolute atomic E-state index is 0.142. The van der Waals surface area contributed by atoms with E-state index in [2.05, 4.69) is 0 Å². The van der Waals surface area contributed by atoms with Gasteiger partial charge in [-0.05, 0) is 24.7 Å². The van der Waals surface area contributed by atoms with Gasteiger partial charge in [0.2, 0.25) is 0 Å². The first-order chi connectivity index (χ1) is 5.83. The fourth-order valence-electron chi connectivity index (χ4n) is 2.02. The highest BCUT2D eigenvalue weighted by Gasteiger charge is 2.43. The molecule has 0 saturated heterocycles. The van der Waals surface area contributed by atoms with E-state index in [0.717, 1.165) is 25.7 Å². The summed E-state index contributed by atoms with van der Waals surface area (Å²) in [6.07, 6.45) is -3.15. The highest BCUT2D eigenvalue weighted by Crippen LogP contribution is 2.43. The van der Waals surface area contributed by atoms with Gasteiger partial charge in [-0.25, -0.2) is 0 Å². The van der Waals surface area contributed by atoms with Crippen LogP contribution in [-0.2, 0) is 0 Å². The lowest BCUT2D eigenvalue weighted by Crippen LogP contribution is -2.33. The summed E-state index contributed by atoms with van der Waals surface area (Å²) in [5, 5.41) is 8.89. The number of aliphatic hydroxyl groups is 1. The molecule has 0 aromatic carbocycles. The van der Waals surface area contributed by atoms with Crippen molar-refractivity contribution in [3.8, 4) is 0 Å². The third-order valence-electron chi connectivity index (χ3n) is 2.87. The number of rotatable bonds is 2. The van der Waals surface area contributed by atoms with Crippen molar-refractivity contribution in [1.29, 1.82) is 0 Å². The number of alkyl halides is 3. The largest absolute Gasteiger partial charge is 0.414 e. The Kier molecular flexibility index (Phi) is 2.90. The average molecular weight is 196 g/mol. The lowest BCUT2D eigenvalue weighted by Gasteiger charge is -2.27. The summed E-state index contributed by atoms with van der Waals surface area (Å²) in [6.45, 7) is 1.83. The summed E-state index contributed by atoms with van der Waals surface area (Å²) < 4.78 is 36.1. The number of hydrogen-bond donors (Lipinski definition) is 1. The third kappa shape index (κ3) is 2.86. The van der Waals surface area contributed by atoms with Crippen LogP contribution >= 0.6 is 0 Å². The van der Waals surface area contributed by atoms with Crippen LogP contribution in [0.15, 0.2) is 0 Å². The van der Waals surface area contributed by atoms with E-state index >= 15 is 0 Å². The average Bonchev–Trinajstić information content (AvgIpc) is 2.33. The van der Waals surface area contributed by atoms with Gasteiger partial charge in [0.25, 0.3) is 0 Å². The maximum Gasteiger partial charge on any atom is 0.414 e. The molecule has 4 heteroatoms. The van der Waals surface area contributed by atoms with Crippen molar-refractivity contribution in [3.63, 3.8) is 0 Å². The Bertz CT molecular complexity index is 170. The SMILES string of the molecule is CC1(C[C@@H](O)C(F)(F)F)CCCC1. The van der Waals surface area contributed by atoms with Gasteiger partial charge < -0.3 is 5.11 Å². The molecule has 0 aromatic heterocycles. The first kappa shape index (κ1) is 10.8. The topological polar surface area (TPSA) is 20.2 Å². The summed E-state index contributed by atoms with van der Waals surface area (Å²) in [6, 6.07) is 0. The predicted octanol–water partition coefficient (Wildman–Crippen LogP) is 2.88. The smallest absolute Gasteiger partial charge is 0.384 e. The van der Waals surface area contributed by atoms with Crippen LogP contribution in [0, 0.1) is 5.41 Å². The van der Waals surface area contributed by atoms with E-state index in [1.54, 1.807) is 0 Å². The summed E-state index contributed by atoms with van der Waals surface area (Å²) >= 11 is 0. The Balaban J connectivity index is 2.48. The Morgan fingerprint density at radius 3 is 2.15 bits per heavy atom. The highest BCUT2D eigenvalue weighted by molar-refractivity contribution is 4.84. The Morgan fingerprint density at radius 1 is 1.31 bits per heavy atom. The monoisotopic (exact) mass is 196 g/mol. The molecule has 1 N–H and O–H groups in total. The van der Waals surface area contributed by atoms with Crippen molar-refractivity contribution in [2.24, 2.45) is 5.41 Å². The fraction of sp³-hybridized carbons (Fsp3) is 1.00. The van der Waals surface area contributed by atoms with Crippen molar-refractivity contribution >= 4 is 0 Å². The molecule has 1 rings (SSSR count). The zero-order chi connectivity index (χ0) is 10.1.